The predicted octanol–water partition coefficient (Wildman–Crippen LogP) is 3.03. The number of nitrogens with one attached hydrogen (secondary N) is 1. The van der Waals surface area contributed by atoms with Crippen LogP contribution in [0.1, 0.15) is 24.8 Å². The fraction of sp³-hybridized carbons (Fsp3) is 0.632. The Balaban J connectivity index is 1.76. The predicted molar refractivity (Wildman–Crippen MR) is 101 cm³/mol. The van der Waals surface area contributed by atoms with Gasteiger partial charge in [-0.05, 0) is 63.0 Å². The average molecular weight is 368 g/mol. The average Bonchev–Trinajstić information content (AvgIpc) is 2.61. The van der Waals surface area contributed by atoms with E-state index in [9.17, 15) is 8.78 Å². The summed E-state index contributed by atoms with van der Waals surface area (Å²) in [4.78, 5) is 8.74. The molecule has 7 heteroatoms. The number of rotatable bonds is 7. The van der Waals surface area contributed by atoms with E-state index in [0.717, 1.165) is 30.4 Å². The maximum atomic E-state index is 12.2. The van der Waals surface area contributed by atoms with Gasteiger partial charge in [0.25, 0.3) is 0 Å². The molecule has 1 aliphatic heterocycles. The third kappa shape index (κ3) is 6.78. The van der Waals surface area contributed by atoms with Crippen LogP contribution in [0.15, 0.2) is 29.3 Å². The number of piperidine rings is 1. The Bertz CT molecular complexity index is 557. The minimum atomic E-state index is -2.80. The molecule has 0 bridgehead atoms. The summed E-state index contributed by atoms with van der Waals surface area (Å²) in [6.07, 6.45) is 3.68. The Morgan fingerprint density at radius 1 is 1.31 bits per heavy atom. The summed E-state index contributed by atoms with van der Waals surface area (Å²) in [5.41, 5.74) is 1.01. The summed E-state index contributed by atoms with van der Waals surface area (Å²) in [5.74, 6) is 1.79. The van der Waals surface area contributed by atoms with E-state index in [1.165, 1.54) is 25.9 Å². The Hall–Kier alpha value is -1.89. The van der Waals surface area contributed by atoms with Gasteiger partial charge in [-0.15, -0.1) is 0 Å². The molecule has 0 radical (unpaired) electrons. The highest BCUT2D eigenvalue weighted by Crippen LogP contribution is 2.19. The van der Waals surface area contributed by atoms with Crippen LogP contribution in [0.25, 0.3) is 0 Å². The van der Waals surface area contributed by atoms with Crippen LogP contribution in [-0.2, 0) is 6.54 Å². The van der Waals surface area contributed by atoms with E-state index in [4.69, 9.17) is 0 Å². The summed E-state index contributed by atoms with van der Waals surface area (Å²) >= 11 is 0. The highest BCUT2D eigenvalue weighted by molar-refractivity contribution is 5.79. The van der Waals surface area contributed by atoms with Crippen LogP contribution in [0.3, 0.4) is 0 Å². The molecule has 1 heterocycles. The summed E-state index contributed by atoms with van der Waals surface area (Å²) < 4.78 is 28.8. The fourth-order valence-corrected chi connectivity index (χ4v) is 3.25. The normalized spacial score (nSPS) is 16.8. The van der Waals surface area contributed by atoms with Gasteiger partial charge < -0.3 is 19.9 Å². The van der Waals surface area contributed by atoms with Gasteiger partial charge in [0, 0.05) is 27.2 Å². The summed E-state index contributed by atoms with van der Waals surface area (Å²) in [6, 6.07) is 6.71. The van der Waals surface area contributed by atoms with Gasteiger partial charge in [-0.3, -0.25) is 4.99 Å². The van der Waals surface area contributed by atoms with Gasteiger partial charge in [-0.2, -0.15) is 8.78 Å². The molecule has 5 nitrogen and oxygen atoms in total. The van der Waals surface area contributed by atoms with Gasteiger partial charge in [0.2, 0.25) is 0 Å². The number of hydrogen-bond acceptors (Lipinski definition) is 3. The number of nitrogens with zero attached hydrogens (tertiary/aromatic N) is 3. The largest absolute Gasteiger partial charge is 0.435 e. The molecule has 1 aromatic rings. The first-order chi connectivity index (χ1) is 12.5. The molecular weight excluding hydrogens is 338 g/mol. The van der Waals surface area contributed by atoms with Crippen molar-refractivity contribution in [1.29, 1.82) is 0 Å². The first-order valence-electron chi connectivity index (χ1n) is 9.12. The Morgan fingerprint density at radius 2 is 1.96 bits per heavy atom. The summed E-state index contributed by atoms with van der Waals surface area (Å²) in [5, 5.41) is 3.42. The van der Waals surface area contributed by atoms with Gasteiger partial charge in [-0.1, -0.05) is 12.1 Å². The van der Waals surface area contributed by atoms with Crippen molar-refractivity contribution in [3.8, 4) is 5.75 Å². The standard InChI is InChI=1S/C19H30F2N4O/c1-22-19(23-11-8-15-9-12-24(2)13-10-15)25(3)14-16-4-6-17(7-5-16)26-18(20)21/h4-7,15,18H,8-14H2,1-3H3,(H,22,23). The number of aliphatic imine (C=N–C) groups is 1. The number of benzene rings is 1. The van der Waals surface area contributed by atoms with Crippen molar-refractivity contribution in [2.75, 3.05) is 40.8 Å². The molecule has 2 rings (SSSR count). The fourth-order valence-electron chi connectivity index (χ4n) is 3.25. The van der Waals surface area contributed by atoms with Crippen molar-refractivity contribution in [1.82, 2.24) is 15.1 Å². The second-order valence-electron chi connectivity index (χ2n) is 6.89. The number of alkyl halides is 2. The van der Waals surface area contributed by atoms with E-state index in [0.29, 0.717) is 6.54 Å². The molecule has 0 spiro atoms. The number of hydrogen-bond donors (Lipinski definition) is 1. The third-order valence-corrected chi connectivity index (χ3v) is 4.82. The van der Waals surface area contributed by atoms with Crippen molar-refractivity contribution in [3.63, 3.8) is 0 Å². The van der Waals surface area contributed by atoms with Crippen LogP contribution in [-0.4, -0.2) is 63.1 Å². The molecule has 1 N–H and O–H groups in total. The van der Waals surface area contributed by atoms with Gasteiger partial charge >= 0.3 is 6.61 Å². The second kappa shape index (κ2) is 10.3. The molecule has 1 aromatic carbocycles. The Morgan fingerprint density at radius 3 is 2.54 bits per heavy atom. The molecule has 1 fully saturated rings. The van der Waals surface area contributed by atoms with E-state index < -0.39 is 6.61 Å². The van der Waals surface area contributed by atoms with Crippen LogP contribution in [0, 0.1) is 5.92 Å². The molecular formula is C19H30F2N4O. The first kappa shape index (κ1) is 20.4. The molecule has 146 valence electrons. The highest BCUT2D eigenvalue weighted by atomic mass is 19.3. The van der Waals surface area contributed by atoms with Gasteiger partial charge in [0.1, 0.15) is 5.75 Å². The zero-order chi connectivity index (χ0) is 18.9. The van der Waals surface area contributed by atoms with Crippen molar-refractivity contribution < 1.29 is 13.5 Å². The first-order valence-corrected chi connectivity index (χ1v) is 9.12. The van der Waals surface area contributed by atoms with Crippen LogP contribution >= 0.6 is 0 Å². The minimum absolute atomic E-state index is 0.173. The Labute approximate surface area is 155 Å². The zero-order valence-corrected chi connectivity index (χ0v) is 15.9. The van der Waals surface area contributed by atoms with Crippen LogP contribution in [0.5, 0.6) is 5.75 Å². The number of ether oxygens (including phenoxy) is 1. The maximum absolute atomic E-state index is 12.2. The van der Waals surface area contributed by atoms with Crippen LogP contribution in [0.2, 0.25) is 0 Å². The highest BCUT2D eigenvalue weighted by Gasteiger charge is 2.16. The quantitative estimate of drug-likeness (QED) is 0.593. The molecule has 1 saturated heterocycles. The molecule has 0 saturated carbocycles. The lowest BCUT2D eigenvalue weighted by molar-refractivity contribution is -0.0498. The molecule has 0 aliphatic carbocycles. The third-order valence-electron chi connectivity index (χ3n) is 4.82. The number of likely N-dealkylation sites (tertiary alicyclic amines) is 1. The number of halogens is 2. The molecule has 0 aromatic heterocycles. The summed E-state index contributed by atoms with van der Waals surface area (Å²) in [6.45, 7) is 1.13. The lowest BCUT2D eigenvalue weighted by Gasteiger charge is -2.29. The van der Waals surface area contributed by atoms with Gasteiger partial charge in [0.05, 0.1) is 0 Å². The van der Waals surface area contributed by atoms with Crippen molar-refractivity contribution in [2.45, 2.75) is 32.4 Å². The molecule has 26 heavy (non-hydrogen) atoms. The maximum Gasteiger partial charge on any atom is 0.387 e. The van der Waals surface area contributed by atoms with E-state index in [1.807, 2.05) is 11.9 Å². The van der Waals surface area contributed by atoms with E-state index >= 15 is 0 Å². The second-order valence-corrected chi connectivity index (χ2v) is 6.89. The van der Waals surface area contributed by atoms with E-state index in [2.05, 4.69) is 27.0 Å². The van der Waals surface area contributed by atoms with Gasteiger partial charge in [0.15, 0.2) is 5.96 Å². The van der Waals surface area contributed by atoms with Crippen molar-refractivity contribution >= 4 is 5.96 Å². The van der Waals surface area contributed by atoms with Crippen LogP contribution in [0.4, 0.5) is 8.78 Å². The van der Waals surface area contributed by atoms with E-state index in [1.54, 1.807) is 31.3 Å². The van der Waals surface area contributed by atoms with Crippen LogP contribution < -0.4 is 10.1 Å². The SMILES string of the molecule is CN=C(NCCC1CCN(C)CC1)N(C)Cc1ccc(OC(F)F)cc1. The van der Waals surface area contributed by atoms with E-state index in [-0.39, 0.29) is 5.75 Å². The minimum Gasteiger partial charge on any atom is -0.435 e. The lowest BCUT2D eigenvalue weighted by Crippen LogP contribution is -2.40. The lowest BCUT2D eigenvalue weighted by atomic mass is 9.94. The van der Waals surface area contributed by atoms with Crippen molar-refractivity contribution in [3.05, 3.63) is 29.8 Å². The van der Waals surface area contributed by atoms with Crippen molar-refractivity contribution in [2.24, 2.45) is 10.9 Å². The zero-order valence-electron chi connectivity index (χ0n) is 15.9. The molecule has 0 unspecified atom stereocenters. The molecule has 1 aliphatic rings. The number of guanidine groups is 1. The molecule has 0 atom stereocenters. The topological polar surface area (TPSA) is 40.1 Å². The Kier molecular flexibility index (Phi) is 8.09. The monoisotopic (exact) mass is 368 g/mol. The summed E-state index contributed by atoms with van der Waals surface area (Å²) in [7, 11) is 5.92. The molecule has 0 amide bonds. The van der Waals surface area contributed by atoms with Gasteiger partial charge in [-0.25, -0.2) is 0 Å². The smallest absolute Gasteiger partial charge is 0.387 e.